The van der Waals surface area contributed by atoms with Crippen LogP contribution in [0, 0.1) is 0 Å². The predicted octanol–water partition coefficient (Wildman–Crippen LogP) is 3.82. The van der Waals surface area contributed by atoms with Crippen molar-refractivity contribution < 1.29 is 50.7 Å². The van der Waals surface area contributed by atoms with Crippen LogP contribution in [0.2, 0.25) is 0 Å². The Balaban J connectivity index is -0.00000392. The van der Waals surface area contributed by atoms with Gasteiger partial charge in [-0.1, -0.05) is 122 Å². The van der Waals surface area contributed by atoms with Gasteiger partial charge >= 0.3 is 35.5 Å². The van der Waals surface area contributed by atoms with Gasteiger partial charge in [-0.15, -0.1) is 0 Å². The van der Waals surface area contributed by atoms with Gasteiger partial charge in [0.1, 0.15) is 12.7 Å². The van der Waals surface area contributed by atoms with E-state index in [-0.39, 0.29) is 50.2 Å². The van der Waals surface area contributed by atoms with Gasteiger partial charge < -0.3 is 16.4 Å². The van der Waals surface area contributed by atoms with Crippen LogP contribution in [-0.2, 0) is 9.53 Å². The van der Waals surface area contributed by atoms with E-state index in [4.69, 9.17) is 14.9 Å². The molecule has 0 aliphatic heterocycles. The van der Waals surface area contributed by atoms with Crippen molar-refractivity contribution in [3.05, 3.63) is 0 Å². The maximum absolute atomic E-state index is 11.4. The summed E-state index contributed by atoms with van der Waals surface area (Å²) >= 11 is 0. The van der Waals surface area contributed by atoms with E-state index in [2.05, 4.69) is 6.92 Å². The smallest absolute Gasteiger partial charge is 1.00 e. The van der Waals surface area contributed by atoms with E-state index in [1.54, 1.807) is 0 Å². The predicted molar refractivity (Wildman–Crippen MR) is 123 cm³/mol. The van der Waals surface area contributed by atoms with Gasteiger partial charge in [-0.2, -0.15) is 0 Å². The second-order valence-corrected chi connectivity index (χ2v) is 8.63. The quantitative estimate of drug-likeness (QED) is 0.145. The van der Waals surface area contributed by atoms with Gasteiger partial charge in [-0.05, 0) is 6.42 Å². The van der Waals surface area contributed by atoms with Gasteiger partial charge in [0.2, 0.25) is 0 Å². The largest absolute Gasteiger partial charge is 1.00 e. The number of aliphatic hydroxyl groups excluding tert-OH is 2. The molecule has 5 heteroatoms. The molecule has 0 radical (unpaired) electrons. The number of rotatable bonds is 23. The Kier molecular flexibility index (Phi) is 29.8. The molecule has 0 spiro atoms. The van der Waals surface area contributed by atoms with Crippen molar-refractivity contribution in [3.8, 4) is 0 Å². The van der Waals surface area contributed by atoms with Crippen LogP contribution in [0.1, 0.15) is 137 Å². The molecule has 0 aliphatic carbocycles. The van der Waals surface area contributed by atoms with Crippen LogP contribution < -0.4 is 29.6 Å². The summed E-state index contributed by atoms with van der Waals surface area (Å²) in [5.41, 5.74) is 0. The van der Waals surface area contributed by atoms with E-state index in [0.717, 1.165) is 12.8 Å². The molecule has 0 bridgehead atoms. The summed E-state index contributed by atoms with van der Waals surface area (Å²) in [5, 5.41) is 17.8. The van der Waals surface area contributed by atoms with Crippen molar-refractivity contribution in [3.63, 3.8) is 0 Å². The minimum absolute atomic E-state index is 0. The molecule has 0 saturated heterocycles. The normalized spacial score (nSPS) is 11.8. The third kappa shape index (κ3) is 26.4. The summed E-state index contributed by atoms with van der Waals surface area (Å²) in [6.07, 6.45) is 24.9. The summed E-state index contributed by atoms with van der Waals surface area (Å²) in [6.45, 7) is 1.81. The van der Waals surface area contributed by atoms with Crippen LogP contribution in [-0.4, -0.2) is 35.5 Å². The van der Waals surface area contributed by atoms with Gasteiger partial charge in [0.15, 0.2) is 0 Å². The molecule has 0 saturated carbocycles. The van der Waals surface area contributed by atoms with Crippen molar-refractivity contribution in [2.24, 2.45) is 0 Å². The first-order valence-corrected chi connectivity index (χ1v) is 12.6. The van der Waals surface area contributed by atoms with E-state index in [1.807, 2.05) is 0 Å². The molecule has 1 atom stereocenters. The van der Waals surface area contributed by atoms with Crippen molar-refractivity contribution >= 4 is 5.97 Å². The number of aliphatic hydroxyl groups is 2. The van der Waals surface area contributed by atoms with Crippen molar-refractivity contribution in [2.45, 2.75) is 141 Å². The summed E-state index contributed by atoms with van der Waals surface area (Å²) in [7, 11) is 0. The Morgan fingerprint density at radius 3 is 1.37 bits per heavy atom. The van der Waals surface area contributed by atoms with Crippen LogP contribution >= 0.6 is 0 Å². The van der Waals surface area contributed by atoms with E-state index in [1.165, 1.54) is 109 Å². The molecule has 0 heterocycles. The number of esters is 1. The molecule has 176 valence electrons. The molecule has 2 N–H and O–H groups in total. The maximum Gasteiger partial charge on any atom is 1.00 e. The molecular formula is C25H51NaO4. The molecule has 30 heavy (non-hydrogen) atoms. The monoisotopic (exact) mass is 438 g/mol. The molecule has 1 unspecified atom stereocenters. The summed E-state index contributed by atoms with van der Waals surface area (Å²) in [4.78, 5) is 11.4. The molecule has 4 nitrogen and oxygen atoms in total. The first-order chi connectivity index (χ1) is 14.2. The van der Waals surface area contributed by atoms with E-state index in [9.17, 15) is 4.79 Å². The van der Waals surface area contributed by atoms with Gasteiger partial charge in [0.05, 0.1) is 6.61 Å². The van der Waals surface area contributed by atoms with Crippen molar-refractivity contribution in [2.75, 3.05) is 13.2 Å². The van der Waals surface area contributed by atoms with Gasteiger partial charge in [0, 0.05) is 6.42 Å². The number of unbranched alkanes of at least 4 members (excludes halogenated alkanes) is 18. The minimum atomic E-state index is -0.955. The zero-order valence-corrected chi connectivity index (χ0v) is 22.3. The van der Waals surface area contributed by atoms with E-state index < -0.39 is 6.10 Å². The standard InChI is InChI=1S/C25H50O4.Na.H/c1-2-3-4-5-6-7-8-9-10-11-12-13-14-15-16-17-18-19-20-21-25(28)29-23-24(27)22-26;;/h24,26-27H,2-23H2,1H3;;/q;+1;-1. The second-order valence-electron chi connectivity index (χ2n) is 8.63. The molecule has 0 aromatic heterocycles. The van der Waals surface area contributed by atoms with Crippen LogP contribution in [0.5, 0.6) is 0 Å². The molecule has 0 aliphatic rings. The summed E-state index contributed by atoms with van der Waals surface area (Å²) in [6, 6.07) is 0. The zero-order chi connectivity index (χ0) is 21.4. The van der Waals surface area contributed by atoms with Crippen LogP contribution in [0.3, 0.4) is 0 Å². The molecule has 0 rings (SSSR count). The van der Waals surface area contributed by atoms with Gasteiger partial charge in [0.25, 0.3) is 0 Å². The molecule has 0 aromatic carbocycles. The Morgan fingerprint density at radius 2 is 1.03 bits per heavy atom. The Hall–Kier alpha value is 0.390. The third-order valence-corrected chi connectivity index (χ3v) is 5.63. The average molecular weight is 439 g/mol. The first kappa shape index (κ1) is 32.6. The second kappa shape index (κ2) is 27.4. The fourth-order valence-electron chi connectivity index (χ4n) is 3.66. The van der Waals surface area contributed by atoms with Gasteiger partial charge in [-0.25, -0.2) is 0 Å². The fraction of sp³-hybridized carbons (Fsp3) is 0.960. The third-order valence-electron chi connectivity index (χ3n) is 5.63. The maximum atomic E-state index is 11.4. The molecular weight excluding hydrogens is 387 g/mol. The summed E-state index contributed by atoms with van der Waals surface area (Å²) in [5.74, 6) is -0.274. The zero-order valence-electron chi connectivity index (χ0n) is 21.3. The number of carbonyl (C=O) groups excluding carboxylic acids is 1. The molecule has 0 amide bonds. The van der Waals surface area contributed by atoms with Crippen LogP contribution in [0.4, 0.5) is 0 Å². The Labute approximate surface area is 210 Å². The molecule has 0 fully saturated rings. The fourth-order valence-corrected chi connectivity index (χ4v) is 3.66. The van der Waals surface area contributed by atoms with E-state index >= 15 is 0 Å². The number of carbonyl (C=O) groups is 1. The average Bonchev–Trinajstić information content (AvgIpc) is 2.73. The van der Waals surface area contributed by atoms with Crippen molar-refractivity contribution in [1.29, 1.82) is 0 Å². The first-order valence-electron chi connectivity index (χ1n) is 12.6. The number of hydrogen-bond donors (Lipinski definition) is 2. The van der Waals surface area contributed by atoms with E-state index in [0.29, 0.717) is 6.42 Å². The molecule has 0 aromatic rings. The topological polar surface area (TPSA) is 66.8 Å². The Bertz CT molecular complexity index is 345. The SMILES string of the molecule is CCCCCCCCCCCCCCCCCCCCCC(=O)OCC(O)CO.[H-].[Na+]. The van der Waals surface area contributed by atoms with Gasteiger partial charge in [-0.3, -0.25) is 4.79 Å². The van der Waals surface area contributed by atoms with Crippen LogP contribution in [0.25, 0.3) is 0 Å². The van der Waals surface area contributed by atoms with Crippen LogP contribution in [0.15, 0.2) is 0 Å². The minimum Gasteiger partial charge on any atom is -1.00 e. The van der Waals surface area contributed by atoms with Crippen molar-refractivity contribution in [1.82, 2.24) is 0 Å². The summed E-state index contributed by atoms with van der Waals surface area (Å²) < 4.78 is 4.88. The number of hydrogen-bond acceptors (Lipinski definition) is 4. The number of ether oxygens (including phenoxy) is 1. The Morgan fingerprint density at radius 1 is 0.700 bits per heavy atom.